The Morgan fingerprint density at radius 1 is 1.43 bits per heavy atom. The molecule has 118 valence electrons. The van der Waals surface area contributed by atoms with Crippen LogP contribution in [0.5, 0.6) is 0 Å². The summed E-state index contributed by atoms with van der Waals surface area (Å²) in [6, 6.07) is -0.105. The number of hydrogen-bond acceptors (Lipinski definition) is 7. The quantitative estimate of drug-likeness (QED) is 0.447. The van der Waals surface area contributed by atoms with Crippen LogP contribution in [0.4, 0.5) is 0 Å². The highest BCUT2D eigenvalue weighted by atomic mass is 16.7. The molecule has 1 amide bonds. The van der Waals surface area contributed by atoms with Crippen LogP contribution in [0.25, 0.3) is 0 Å². The van der Waals surface area contributed by atoms with E-state index in [0.29, 0.717) is 0 Å². The normalized spacial score (nSPS) is 17.9. The Labute approximate surface area is 123 Å². The van der Waals surface area contributed by atoms with Crippen LogP contribution in [0.15, 0.2) is 12.0 Å². The standard InChI is InChI=1S/C13H20N2O6/c1-8(2)15-6-9(11(17)21-14-7-16)19-10(15)12(18)20-13(3,4)5/h6-8,10H,1-5H3,(H,14,16). The summed E-state index contributed by atoms with van der Waals surface area (Å²) in [5.74, 6) is -1.70. The number of carbonyl (C=O) groups excluding carboxylic acids is 3. The summed E-state index contributed by atoms with van der Waals surface area (Å²) in [6.45, 7) is 8.85. The minimum atomic E-state index is -1.07. The fourth-order valence-electron chi connectivity index (χ4n) is 1.59. The van der Waals surface area contributed by atoms with Gasteiger partial charge in [0.15, 0.2) is 0 Å². The van der Waals surface area contributed by atoms with Crippen LogP contribution in [0.1, 0.15) is 34.6 Å². The second-order valence-electron chi connectivity index (χ2n) is 5.66. The van der Waals surface area contributed by atoms with Crippen LogP contribution in [0.2, 0.25) is 0 Å². The van der Waals surface area contributed by atoms with E-state index in [4.69, 9.17) is 9.47 Å². The smallest absolute Gasteiger partial charge is 0.399 e. The molecule has 8 nitrogen and oxygen atoms in total. The first-order valence-electron chi connectivity index (χ1n) is 6.45. The van der Waals surface area contributed by atoms with Crippen LogP contribution < -0.4 is 5.48 Å². The number of rotatable bonds is 5. The topological polar surface area (TPSA) is 94.2 Å². The van der Waals surface area contributed by atoms with Gasteiger partial charge in [-0.1, -0.05) is 0 Å². The predicted molar refractivity (Wildman–Crippen MR) is 71.1 cm³/mol. The van der Waals surface area contributed by atoms with Crippen molar-refractivity contribution in [1.29, 1.82) is 0 Å². The molecule has 0 spiro atoms. The number of esters is 1. The van der Waals surface area contributed by atoms with E-state index in [2.05, 4.69) is 4.84 Å². The Hall–Kier alpha value is -2.25. The minimum absolute atomic E-state index is 0.105. The summed E-state index contributed by atoms with van der Waals surface area (Å²) in [5, 5.41) is 0. The average Bonchev–Trinajstić information content (AvgIpc) is 2.79. The molecule has 1 aliphatic rings. The van der Waals surface area contributed by atoms with E-state index in [9.17, 15) is 14.4 Å². The van der Waals surface area contributed by atoms with Crippen molar-refractivity contribution in [1.82, 2.24) is 10.4 Å². The second-order valence-corrected chi connectivity index (χ2v) is 5.66. The van der Waals surface area contributed by atoms with Gasteiger partial charge in [0.1, 0.15) is 5.60 Å². The number of hydrogen-bond donors (Lipinski definition) is 1. The average molecular weight is 300 g/mol. The lowest BCUT2D eigenvalue weighted by Crippen LogP contribution is -2.43. The van der Waals surface area contributed by atoms with Crippen LogP contribution in [0, 0.1) is 0 Å². The third-order valence-corrected chi connectivity index (χ3v) is 2.38. The SMILES string of the molecule is CC(C)N1C=C(C(=O)ONC=O)OC1C(=O)OC(C)(C)C. The van der Waals surface area contributed by atoms with E-state index < -0.39 is 23.8 Å². The van der Waals surface area contributed by atoms with Gasteiger partial charge < -0.3 is 19.2 Å². The molecule has 0 aromatic rings. The number of ether oxygens (including phenoxy) is 2. The Morgan fingerprint density at radius 2 is 2.05 bits per heavy atom. The van der Waals surface area contributed by atoms with Gasteiger partial charge in [0.2, 0.25) is 12.2 Å². The third-order valence-electron chi connectivity index (χ3n) is 2.38. The molecule has 1 rings (SSSR count). The third kappa shape index (κ3) is 4.66. The van der Waals surface area contributed by atoms with E-state index in [1.807, 2.05) is 13.8 Å². The first-order valence-corrected chi connectivity index (χ1v) is 6.45. The van der Waals surface area contributed by atoms with Crippen molar-refractivity contribution in [3.8, 4) is 0 Å². The van der Waals surface area contributed by atoms with Crippen LogP contribution >= 0.6 is 0 Å². The number of hydroxylamine groups is 1. The van der Waals surface area contributed by atoms with Gasteiger partial charge >= 0.3 is 11.9 Å². The zero-order valence-electron chi connectivity index (χ0n) is 12.7. The zero-order valence-corrected chi connectivity index (χ0v) is 12.7. The first-order chi connectivity index (χ1) is 9.65. The van der Waals surface area contributed by atoms with Gasteiger partial charge in [0.25, 0.3) is 6.23 Å². The van der Waals surface area contributed by atoms with Crippen molar-refractivity contribution in [3.05, 3.63) is 12.0 Å². The maximum absolute atomic E-state index is 12.1. The van der Waals surface area contributed by atoms with Crippen molar-refractivity contribution >= 4 is 18.3 Å². The summed E-state index contributed by atoms with van der Waals surface area (Å²) < 4.78 is 10.5. The summed E-state index contributed by atoms with van der Waals surface area (Å²) >= 11 is 0. The highest BCUT2D eigenvalue weighted by Crippen LogP contribution is 2.24. The predicted octanol–water partition coefficient (Wildman–Crippen LogP) is 0.440. The van der Waals surface area contributed by atoms with Crippen molar-refractivity contribution in [3.63, 3.8) is 0 Å². The molecule has 1 atom stereocenters. The fraction of sp³-hybridized carbons (Fsp3) is 0.615. The van der Waals surface area contributed by atoms with E-state index >= 15 is 0 Å². The van der Waals surface area contributed by atoms with E-state index in [1.165, 1.54) is 11.1 Å². The monoisotopic (exact) mass is 300 g/mol. The molecular weight excluding hydrogens is 280 g/mol. The van der Waals surface area contributed by atoms with Crippen LogP contribution in [-0.4, -0.2) is 41.1 Å². The molecule has 8 heteroatoms. The van der Waals surface area contributed by atoms with E-state index in [1.54, 1.807) is 26.3 Å². The molecule has 0 aliphatic carbocycles. The minimum Gasteiger partial charge on any atom is -0.456 e. The van der Waals surface area contributed by atoms with Crippen molar-refractivity contribution < 1.29 is 28.7 Å². The molecule has 0 bridgehead atoms. The molecule has 0 fully saturated rings. The number of nitrogens with one attached hydrogen (secondary N) is 1. The summed E-state index contributed by atoms with van der Waals surface area (Å²) in [7, 11) is 0. The van der Waals surface area contributed by atoms with Crippen LogP contribution in [-0.2, 0) is 28.7 Å². The molecule has 1 unspecified atom stereocenters. The zero-order chi connectivity index (χ0) is 16.2. The highest BCUT2D eigenvalue weighted by molar-refractivity contribution is 5.88. The second kappa shape index (κ2) is 6.47. The Balaban J connectivity index is 2.82. The number of nitrogens with zero attached hydrogens (tertiary/aromatic N) is 1. The van der Waals surface area contributed by atoms with Gasteiger partial charge in [-0.2, -0.15) is 5.48 Å². The molecule has 0 saturated carbocycles. The van der Waals surface area contributed by atoms with Crippen molar-refractivity contribution in [2.24, 2.45) is 0 Å². The number of amides is 1. The Morgan fingerprint density at radius 3 is 2.52 bits per heavy atom. The molecule has 0 saturated heterocycles. The largest absolute Gasteiger partial charge is 0.456 e. The summed E-state index contributed by atoms with van der Waals surface area (Å²) in [5.41, 5.74) is 1.09. The Kier molecular flexibility index (Phi) is 5.17. The lowest BCUT2D eigenvalue weighted by molar-refractivity contribution is -0.175. The molecule has 1 heterocycles. The highest BCUT2D eigenvalue weighted by Gasteiger charge is 2.39. The summed E-state index contributed by atoms with van der Waals surface area (Å²) in [4.78, 5) is 39.8. The van der Waals surface area contributed by atoms with Crippen LogP contribution in [0.3, 0.4) is 0 Å². The van der Waals surface area contributed by atoms with Gasteiger partial charge in [0.05, 0.1) is 6.20 Å². The van der Waals surface area contributed by atoms with Crippen molar-refractivity contribution in [2.45, 2.75) is 52.5 Å². The number of carbonyl (C=O) groups is 3. The van der Waals surface area contributed by atoms with Gasteiger partial charge in [-0.15, -0.1) is 0 Å². The molecule has 0 aromatic carbocycles. The van der Waals surface area contributed by atoms with Gasteiger partial charge in [0, 0.05) is 6.04 Å². The van der Waals surface area contributed by atoms with E-state index in [-0.39, 0.29) is 18.2 Å². The molecule has 0 radical (unpaired) electrons. The lowest BCUT2D eigenvalue weighted by Gasteiger charge is -2.29. The Bertz CT molecular complexity index is 452. The molecule has 21 heavy (non-hydrogen) atoms. The fourth-order valence-corrected chi connectivity index (χ4v) is 1.59. The molecule has 1 N–H and O–H groups in total. The summed E-state index contributed by atoms with van der Waals surface area (Å²) in [6.07, 6.45) is 0.496. The molecular formula is C13H20N2O6. The molecule has 0 aromatic heterocycles. The maximum atomic E-state index is 12.1. The van der Waals surface area contributed by atoms with Gasteiger partial charge in [-0.05, 0) is 34.6 Å². The van der Waals surface area contributed by atoms with Crippen molar-refractivity contribution in [2.75, 3.05) is 0 Å². The van der Waals surface area contributed by atoms with Gasteiger partial charge in [-0.3, -0.25) is 4.79 Å². The molecule has 1 aliphatic heterocycles. The van der Waals surface area contributed by atoms with E-state index in [0.717, 1.165) is 0 Å². The van der Waals surface area contributed by atoms with Gasteiger partial charge in [-0.25, -0.2) is 9.59 Å². The maximum Gasteiger partial charge on any atom is 0.399 e. The first kappa shape index (κ1) is 16.8. The lowest BCUT2D eigenvalue weighted by atomic mass is 10.2.